The fraction of sp³-hybridized carbons (Fsp3) is 0.409. The lowest BCUT2D eigenvalue weighted by Gasteiger charge is -2.32. The molecular weight excluding hydrogens is 354 g/mol. The van der Waals surface area contributed by atoms with E-state index in [0.717, 1.165) is 44.3 Å². The lowest BCUT2D eigenvalue weighted by atomic mass is 9.85. The number of amides is 1. The summed E-state index contributed by atoms with van der Waals surface area (Å²) >= 11 is 0. The number of carboxylic acids is 1. The SMILES string of the molecule is Nc1cccc(C(=O)N2CCC(CCC(CC(=O)O)c3cccnc3)CC2)c1. The summed E-state index contributed by atoms with van der Waals surface area (Å²) < 4.78 is 0. The molecule has 1 aromatic heterocycles. The molecule has 3 N–H and O–H groups in total. The molecule has 0 aliphatic carbocycles. The molecule has 0 spiro atoms. The third-order valence-electron chi connectivity index (χ3n) is 5.54. The van der Waals surface area contributed by atoms with E-state index in [1.807, 2.05) is 17.0 Å². The first-order chi connectivity index (χ1) is 13.5. The first-order valence-corrected chi connectivity index (χ1v) is 9.79. The number of nitrogens with zero attached hydrogens (tertiary/aromatic N) is 2. The van der Waals surface area contributed by atoms with Crippen LogP contribution in [-0.2, 0) is 4.79 Å². The zero-order valence-electron chi connectivity index (χ0n) is 16.0. The van der Waals surface area contributed by atoms with Gasteiger partial charge in [-0.1, -0.05) is 12.1 Å². The number of carbonyl (C=O) groups is 2. The number of piperidine rings is 1. The van der Waals surface area contributed by atoms with Gasteiger partial charge in [0.15, 0.2) is 0 Å². The summed E-state index contributed by atoms with van der Waals surface area (Å²) in [7, 11) is 0. The van der Waals surface area contributed by atoms with Crippen LogP contribution in [0, 0.1) is 5.92 Å². The first-order valence-electron chi connectivity index (χ1n) is 9.79. The fourth-order valence-corrected chi connectivity index (χ4v) is 3.93. The summed E-state index contributed by atoms with van der Waals surface area (Å²) in [5, 5.41) is 9.23. The van der Waals surface area contributed by atoms with Gasteiger partial charge in [-0.3, -0.25) is 14.6 Å². The summed E-state index contributed by atoms with van der Waals surface area (Å²) in [6.45, 7) is 1.46. The van der Waals surface area contributed by atoms with Gasteiger partial charge in [0, 0.05) is 36.7 Å². The Kier molecular flexibility index (Phi) is 6.63. The molecule has 1 atom stereocenters. The van der Waals surface area contributed by atoms with Crippen LogP contribution in [-0.4, -0.2) is 40.0 Å². The van der Waals surface area contributed by atoms with Crippen LogP contribution in [0.3, 0.4) is 0 Å². The topological polar surface area (TPSA) is 96.5 Å². The number of hydrogen-bond acceptors (Lipinski definition) is 4. The standard InChI is InChI=1S/C22H27N3O3/c23-20-5-1-3-18(13-20)22(28)25-11-8-16(9-12-25)6-7-17(14-21(26)27)19-4-2-10-24-15-19/h1-5,10,13,15-17H,6-9,11-12,14,23H2,(H,26,27). The van der Waals surface area contributed by atoms with E-state index in [4.69, 9.17) is 5.73 Å². The van der Waals surface area contributed by atoms with Crippen molar-refractivity contribution in [2.24, 2.45) is 5.92 Å². The highest BCUT2D eigenvalue weighted by Crippen LogP contribution is 2.30. The van der Waals surface area contributed by atoms with E-state index >= 15 is 0 Å². The quantitative estimate of drug-likeness (QED) is 0.715. The van der Waals surface area contributed by atoms with E-state index in [1.54, 1.807) is 36.7 Å². The van der Waals surface area contributed by atoms with Crippen molar-refractivity contribution in [3.8, 4) is 0 Å². The van der Waals surface area contributed by atoms with Gasteiger partial charge in [-0.15, -0.1) is 0 Å². The Morgan fingerprint density at radius 2 is 2.00 bits per heavy atom. The molecule has 2 heterocycles. The van der Waals surface area contributed by atoms with Gasteiger partial charge >= 0.3 is 5.97 Å². The molecule has 1 saturated heterocycles. The molecule has 28 heavy (non-hydrogen) atoms. The summed E-state index contributed by atoms with van der Waals surface area (Å²) in [6.07, 6.45) is 7.27. The average molecular weight is 381 g/mol. The van der Waals surface area contributed by atoms with Crippen molar-refractivity contribution in [2.75, 3.05) is 18.8 Å². The normalized spacial score (nSPS) is 15.9. The number of aliphatic carboxylic acids is 1. The lowest BCUT2D eigenvalue weighted by molar-refractivity contribution is -0.137. The molecule has 6 heteroatoms. The van der Waals surface area contributed by atoms with E-state index in [-0.39, 0.29) is 18.2 Å². The maximum Gasteiger partial charge on any atom is 0.303 e. The molecule has 148 valence electrons. The highest BCUT2D eigenvalue weighted by atomic mass is 16.4. The van der Waals surface area contributed by atoms with Gasteiger partial charge in [-0.05, 0) is 67.3 Å². The minimum Gasteiger partial charge on any atom is -0.481 e. The molecule has 6 nitrogen and oxygen atoms in total. The number of pyridine rings is 1. The molecule has 2 aromatic rings. The molecule has 3 rings (SSSR count). The Labute approximate surface area is 165 Å². The Bertz CT molecular complexity index is 802. The highest BCUT2D eigenvalue weighted by molar-refractivity contribution is 5.95. The summed E-state index contributed by atoms with van der Waals surface area (Å²) in [5.74, 6) is -0.253. The Morgan fingerprint density at radius 3 is 2.64 bits per heavy atom. The van der Waals surface area contributed by atoms with Gasteiger partial charge in [-0.25, -0.2) is 0 Å². The number of nitrogen functional groups attached to an aromatic ring is 1. The second-order valence-electron chi connectivity index (χ2n) is 7.52. The molecule has 0 saturated carbocycles. The third-order valence-corrected chi connectivity index (χ3v) is 5.54. The monoisotopic (exact) mass is 381 g/mol. The van der Waals surface area contributed by atoms with Crippen LogP contribution in [0.1, 0.15) is 53.9 Å². The predicted molar refractivity (Wildman–Crippen MR) is 108 cm³/mol. The van der Waals surface area contributed by atoms with E-state index in [9.17, 15) is 14.7 Å². The van der Waals surface area contributed by atoms with Crippen LogP contribution in [0.15, 0.2) is 48.8 Å². The predicted octanol–water partition coefficient (Wildman–Crippen LogP) is 3.55. The van der Waals surface area contributed by atoms with Crippen molar-refractivity contribution in [3.63, 3.8) is 0 Å². The maximum absolute atomic E-state index is 12.6. The molecule has 0 bridgehead atoms. The number of anilines is 1. The molecule has 0 radical (unpaired) electrons. The van der Waals surface area contributed by atoms with Gasteiger partial charge in [0.05, 0.1) is 6.42 Å². The van der Waals surface area contributed by atoms with Crippen molar-refractivity contribution in [2.45, 2.75) is 38.0 Å². The van der Waals surface area contributed by atoms with Gasteiger partial charge in [-0.2, -0.15) is 0 Å². The van der Waals surface area contributed by atoms with E-state index in [1.165, 1.54) is 0 Å². The van der Waals surface area contributed by atoms with Crippen molar-refractivity contribution < 1.29 is 14.7 Å². The maximum atomic E-state index is 12.6. The second-order valence-corrected chi connectivity index (χ2v) is 7.52. The van der Waals surface area contributed by atoms with Crippen molar-refractivity contribution in [1.29, 1.82) is 0 Å². The smallest absolute Gasteiger partial charge is 0.303 e. The summed E-state index contributed by atoms with van der Waals surface area (Å²) in [4.78, 5) is 29.9. The highest BCUT2D eigenvalue weighted by Gasteiger charge is 2.25. The number of hydrogen-bond donors (Lipinski definition) is 2. The second kappa shape index (κ2) is 9.35. The molecule has 1 fully saturated rings. The van der Waals surface area contributed by atoms with Crippen LogP contribution >= 0.6 is 0 Å². The number of carbonyl (C=O) groups excluding carboxylic acids is 1. The van der Waals surface area contributed by atoms with Crippen LogP contribution in [0.4, 0.5) is 5.69 Å². The van der Waals surface area contributed by atoms with E-state index in [2.05, 4.69) is 4.98 Å². The zero-order chi connectivity index (χ0) is 19.9. The molecule has 1 amide bonds. The molecule has 1 aliphatic heterocycles. The van der Waals surface area contributed by atoms with Crippen LogP contribution in [0.2, 0.25) is 0 Å². The first kappa shape index (κ1) is 19.9. The van der Waals surface area contributed by atoms with Gasteiger partial charge in [0.2, 0.25) is 0 Å². The van der Waals surface area contributed by atoms with Gasteiger partial charge in [0.1, 0.15) is 0 Å². The van der Waals surface area contributed by atoms with Crippen LogP contribution in [0.5, 0.6) is 0 Å². The number of likely N-dealkylation sites (tertiary alicyclic amines) is 1. The van der Waals surface area contributed by atoms with Gasteiger partial charge in [0.25, 0.3) is 5.91 Å². The number of rotatable bonds is 7. The van der Waals surface area contributed by atoms with E-state index in [0.29, 0.717) is 17.2 Å². The average Bonchev–Trinajstić information content (AvgIpc) is 2.71. The van der Waals surface area contributed by atoms with Gasteiger partial charge < -0.3 is 15.7 Å². The van der Waals surface area contributed by atoms with E-state index < -0.39 is 5.97 Å². The molecular formula is C22H27N3O3. The lowest BCUT2D eigenvalue weighted by Crippen LogP contribution is -2.38. The number of benzene rings is 1. The summed E-state index contributed by atoms with van der Waals surface area (Å²) in [6, 6.07) is 10.9. The fourth-order valence-electron chi connectivity index (χ4n) is 3.93. The minimum absolute atomic E-state index is 0.0156. The number of nitrogens with two attached hydrogens (primary N) is 1. The Morgan fingerprint density at radius 1 is 1.21 bits per heavy atom. The van der Waals surface area contributed by atoms with Crippen molar-refractivity contribution >= 4 is 17.6 Å². The third kappa shape index (κ3) is 5.31. The Hall–Kier alpha value is -2.89. The largest absolute Gasteiger partial charge is 0.481 e. The van der Waals surface area contributed by atoms with Crippen molar-refractivity contribution in [3.05, 3.63) is 59.9 Å². The van der Waals surface area contributed by atoms with Crippen LogP contribution < -0.4 is 5.73 Å². The zero-order valence-corrected chi connectivity index (χ0v) is 16.0. The molecule has 1 aromatic carbocycles. The summed E-state index contributed by atoms with van der Waals surface area (Å²) in [5.41, 5.74) is 8.00. The van der Waals surface area contributed by atoms with Crippen molar-refractivity contribution in [1.82, 2.24) is 9.88 Å². The minimum atomic E-state index is -0.781. The number of carboxylic acid groups (broad SMARTS) is 1. The molecule has 1 aliphatic rings. The number of aromatic nitrogens is 1. The Balaban J connectivity index is 1.52. The van der Waals surface area contributed by atoms with Crippen LogP contribution in [0.25, 0.3) is 0 Å². The molecule has 1 unspecified atom stereocenters.